The van der Waals surface area contributed by atoms with Crippen molar-refractivity contribution < 1.29 is 4.79 Å². The molecule has 0 aliphatic heterocycles. The number of allylic oxidation sites excluding steroid dienone is 1. The zero-order chi connectivity index (χ0) is 10.6. The van der Waals surface area contributed by atoms with Crippen LogP contribution < -0.4 is 5.32 Å². The van der Waals surface area contributed by atoms with Crippen LogP contribution in [0.1, 0.15) is 9.67 Å². The Morgan fingerprint density at radius 1 is 1.64 bits per heavy atom. The molecule has 0 bridgehead atoms. The highest BCUT2D eigenvalue weighted by Gasteiger charge is 2.06. The van der Waals surface area contributed by atoms with Crippen LogP contribution in [0.25, 0.3) is 0 Å². The second-order valence-corrected chi connectivity index (χ2v) is 3.95. The Morgan fingerprint density at radius 2 is 2.36 bits per heavy atom. The van der Waals surface area contributed by atoms with Crippen molar-refractivity contribution in [2.24, 2.45) is 0 Å². The van der Waals surface area contributed by atoms with Gasteiger partial charge in [0, 0.05) is 33.4 Å². The van der Waals surface area contributed by atoms with Crippen molar-refractivity contribution >= 4 is 22.3 Å². The third-order valence-corrected chi connectivity index (χ3v) is 2.52. The van der Waals surface area contributed by atoms with Crippen molar-refractivity contribution in [2.45, 2.75) is 0 Å². The van der Waals surface area contributed by atoms with E-state index in [0.717, 1.165) is 5.13 Å². The summed E-state index contributed by atoms with van der Waals surface area (Å²) in [4.78, 5) is 18.0. The molecule has 0 saturated carbocycles. The van der Waals surface area contributed by atoms with Crippen LogP contribution in [0.2, 0.25) is 0 Å². The monoisotopic (exact) mass is 211 g/mol. The van der Waals surface area contributed by atoms with Gasteiger partial charge in [-0.15, -0.1) is 0 Å². The summed E-state index contributed by atoms with van der Waals surface area (Å²) in [5.74, 6) is -0.0160. The fourth-order valence-electron chi connectivity index (χ4n) is 0.803. The quantitative estimate of drug-likeness (QED) is 0.604. The molecule has 1 rings (SSSR count). The Hall–Kier alpha value is -1.36. The molecule has 1 heterocycles. The van der Waals surface area contributed by atoms with E-state index in [4.69, 9.17) is 0 Å². The van der Waals surface area contributed by atoms with Gasteiger partial charge in [-0.05, 0) is 0 Å². The van der Waals surface area contributed by atoms with Gasteiger partial charge in [0.2, 0.25) is 0 Å². The Morgan fingerprint density at radius 3 is 2.86 bits per heavy atom. The molecule has 1 aromatic rings. The number of carbonyl (C=O) groups is 1. The van der Waals surface area contributed by atoms with Crippen LogP contribution in [0.5, 0.6) is 0 Å². The highest BCUT2D eigenvalue weighted by molar-refractivity contribution is 7.17. The summed E-state index contributed by atoms with van der Waals surface area (Å²) in [7, 11) is 5.52. The average Bonchev–Trinajstić information content (AvgIpc) is 2.62. The van der Waals surface area contributed by atoms with E-state index in [2.05, 4.69) is 10.3 Å². The zero-order valence-electron chi connectivity index (χ0n) is 8.44. The molecule has 0 unspecified atom stereocenters. The summed E-state index contributed by atoms with van der Waals surface area (Å²) in [5.41, 5.74) is 0. The first-order chi connectivity index (χ1) is 6.63. The smallest absolute Gasteiger partial charge is 0.198 e. The Labute approximate surface area is 87.3 Å². The van der Waals surface area contributed by atoms with Crippen molar-refractivity contribution in [1.82, 2.24) is 9.88 Å². The maximum absolute atomic E-state index is 11.5. The Kier molecular flexibility index (Phi) is 3.64. The minimum Gasteiger partial charge on any atom is -0.383 e. The van der Waals surface area contributed by atoms with E-state index in [1.807, 2.05) is 19.0 Å². The number of carbonyl (C=O) groups excluding carboxylic acids is 1. The lowest BCUT2D eigenvalue weighted by molar-refractivity contribution is 0.104. The van der Waals surface area contributed by atoms with Gasteiger partial charge in [-0.2, -0.15) is 0 Å². The fraction of sp³-hybridized carbons (Fsp3) is 0.333. The van der Waals surface area contributed by atoms with Crippen molar-refractivity contribution in [3.05, 3.63) is 23.3 Å². The molecule has 0 aromatic carbocycles. The number of anilines is 1. The lowest BCUT2D eigenvalue weighted by atomic mass is 10.3. The maximum Gasteiger partial charge on any atom is 0.198 e. The molecule has 76 valence electrons. The first-order valence-corrected chi connectivity index (χ1v) is 4.97. The summed E-state index contributed by atoms with van der Waals surface area (Å²) < 4.78 is 0. The molecule has 0 fully saturated rings. The number of aromatic nitrogens is 1. The summed E-state index contributed by atoms with van der Waals surface area (Å²) in [5, 5.41) is 3.64. The topological polar surface area (TPSA) is 45.2 Å². The van der Waals surface area contributed by atoms with E-state index in [-0.39, 0.29) is 5.78 Å². The predicted octanol–water partition coefficient (Wildman–Crippen LogP) is 1.44. The van der Waals surface area contributed by atoms with Crippen LogP contribution >= 0.6 is 11.3 Å². The molecule has 0 atom stereocenters. The van der Waals surface area contributed by atoms with Gasteiger partial charge >= 0.3 is 0 Å². The number of ketones is 1. The highest BCUT2D eigenvalue weighted by Crippen LogP contribution is 2.17. The van der Waals surface area contributed by atoms with Crippen LogP contribution in [0.3, 0.4) is 0 Å². The molecule has 1 N–H and O–H groups in total. The molecule has 0 radical (unpaired) electrons. The first kappa shape index (κ1) is 10.7. The summed E-state index contributed by atoms with van der Waals surface area (Å²) >= 11 is 1.35. The molecular formula is C9H13N3OS. The third-order valence-electron chi connectivity index (χ3n) is 1.49. The van der Waals surface area contributed by atoms with Crippen molar-refractivity contribution in [1.29, 1.82) is 0 Å². The van der Waals surface area contributed by atoms with E-state index in [1.54, 1.807) is 19.4 Å². The van der Waals surface area contributed by atoms with Gasteiger partial charge in [-0.25, -0.2) is 4.98 Å². The number of hydrogen-bond acceptors (Lipinski definition) is 5. The first-order valence-electron chi connectivity index (χ1n) is 4.16. The van der Waals surface area contributed by atoms with Crippen LogP contribution in [0, 0.1) is 0 Å². The molecule has 0 saturated heterocycles. The van der Waals surface area contributed by atoms with Gasteiger partial charge in [0.05, 0.1) is 11.1 Å². The van der Waals surface area contributed by atoms with Gasteiger partial charge in [0.1, 0.15) is 0 Å². The molecule has 14 heavy (non-hydrogen) atoms. The summed E-state index contributed by atoms with van der Waals surface area (Å²) in [6.07, 6.45) is 4.84. The number of rotatable bonds is 4. The molecule has 0 spiro atoms. The van der Waals surface area contributed by atoms with Crippen LogP contribution in [0.4, 0.5) is 5.13 Å². The molecule has 5 heteroatoms. The average molecular weight is 211 g/mol. The lowest BCUT2D eigenvalue weighted by Crippen LogP contribution is -2.02. The van der Waals surface area contributed by atoms with E-state index >= 15 is 0 Å². The number of hydrogen-bond donors (Lipinski definition) is 1. The van der Waals surface area contributed by atoms with Gasteiger partial charge in [-0.1, -0.05) is 11.3 Å². The summed E-state index contributed by atoms with van der Waals surface area (Å²) in [6, 6.07) is 0. The van der Waals surface area contributed by atoms with Crippen molar-refractivity contribution in [2.75, 3.05) is 26.5 Å². The Balaban J connectivity index is 2.70. The van der Waals surface area contributed by atoms with E-state index in [0.29, 0.717) is 4.88 Å². The van der Waals surface area contributed by atoms with E-state index < -0.39 is 0 Å². The zero-order valence-corrected chi connectivity index (χ0v) is 9.26. The highest BCUT2D eigenvalue weighted by atomic mass is 32.1. The molecule has 0 aliphatic carbocycles. The fourth-order valence-corrected chi connectivity index (χ4v) is 1.49. The SMILES string of the molecule is CNc1ncc(C(=O)C=CN(C)C)s1. The third kappa shape index (κ3) is 2.85. The number of nitrogens with zero attached hydrogens (tertiary/aromatic N) is 2. The van der Waals surface area contributed by atoms with Gasteiger partial charge in [0.25, 0.3) is 0 Å². The van der Waals surface area contributed by atoms with Crippen molar-refractivity contribution in [3.8, 4) is 0 Å². The molecular weight excluding hydrogens is 198 g/mol. The van der Waals surface area contributed by atoms with E-state index in [1.165, 1.54) is 17.4 Å². The maximum atomic E-state index is 11.5. The van der Waals surface area contributed by atoms with Crippen molar-refractivity contribution in [3.63, 3.8) is 0 Å². The van der Waals surface area contributed by atoms with Gasteiger partial charge < -0.3 is 10.2 Å². The molecule has 1 aromatic heterocycles. The van der Waals surface area contributed by atoms with Crippen LogP contribution in [-0.4, -0.2) is 36.8 Å². The molecule has 4 nitrogen and oxygen atoms in total. The van der Waals surface area contributed by atoms with Crippen LogP contribution in [0.15, 0.2) is 18.5 Å². The number of nitrogens with one attached hydrogen (secondary N) is 1. The molecule has 0 aliphatic rings. The second-order valence-electron chi connectivity index (χ2n) is 2.92. The predicted molar refractivity (Wildman–Crippen MR) is 58.8 cm³/mol. The lowest BCUT2D eigenvalue weighted by Gasteiger charge is -2.01. The Bertz CT molecular complexity index is 344. The standard InChI is InChI=1S/C9H13N3OS/c1-10-9-11-6-8(14-9)7(13)4-5-12(2)3/h4-6H,1-3H3,(H,10,11). The van der Waals surface area contributed by atoms with Crippen LogP contribution in [-0.2, 0) is 0 Å². The normalized spacial score (nSPS) is 10.5. The summed E-state index contributed by atoms with van der Waals surface area (Å²) in [6.45, 7) is 0. The van der Waals surface area contributed by atoms with E-state index in [9.17, 15) is 4.79 Å². The second kappa shape index (κ2) is 4.76. The number of thiazole rings is 1. The van der Waals surface area contributed by atoms with Gasteiger partial charge in [-0.3, -0.25) is 4.79 Å². The minimum atomic E-state index is -0.0160. The minimum absolute atomic E-state index is 0.0160. The largest absolute Gasteiger partial charge is 0.383 e. The molecule has 0 amide bonds. The van der Waals surface area contributed by atoms with Gasteiger partial charge in [0.15, 0.2) is 10.9 Å².